The van der Waals surface area contributed by atoms with Gasteiger partial charge in [0.2, 0.25) is 0 Å². The van der Waals surface area contributed by atoms with Gasteiger partial charge in [-0.1, -0.05) is 147 Å². The Labute approximate surface area is 349 Å². The number of benzene rings is 9. The summed E-state index contributed by atoms with van der Waals surface area (Å²) in [6.07, 6.45) is 0. The molecule has 284 valence electrons. The summed E-state index contributed by atoms with van der Waals surface area (Å²) in [7, 11) is 0. The van der Waals surface area contributed by atoms with Gasteiger partial charge in [-0.05, 0) is 112 Å². The molecule has 60 heavy (non-hydrogen) atoms. The van der Waals surface area contributed by atoms with Crippen LogP contribution in [0.15, 0.2) is 211 Å². The largest absolute Gasteiger partial charge is 0.455 e. The number of hydrogen-bond donors (Lipinski definition) is 0. The van der Waals surface area contributed by atoms with Crippen molar-refractivity contribution in [3.8, 4) is 39.1 Å². The predicted molar refractivity (Wildman–Crippen MR) is 251 cm³/mol. The second-order valence-corrected chi connectivity index (χ2v) is 16.5. The number of para-hydroxylation sites is 4. The zero-order valence-electron chi connectivity index (χ0n) is 33.4. The lowest BCUT2D eigenvalue weighted by molar-refractivity contribution is 0.660. The van der Waals surface area contributed by atoms with Gasteiger partial charge in [0.1, 0.15) is 11.2 Å². The molecule has 0 saturated carbocycles. The van der Waals surface area contributed by atoms with Crippen LogP contribution in [-0.4, -0.2) is 4.57 Å². The highest BCUT2D eigenvalue weighted by Crippen LogP contribution is 2.51. The van der Waals surface area contributed by atoms with Gasteiger partial charge in [0.05, 0.1) is 22.1 Å². The second-order valence-electron chi connectivity index (χ2n) is 16.5. The molecule has 0 spiro atoms. The van der Waals surface area contributed by atoms with Crippen LogP contribution in [0.25, 0.3) is 82.8 Å². The van der Waals surface area contributed by atoms with Gasteiger partial charge in [0, 0.05) is 44.2 Å². The van der Waals surface area contributed by atoms with E-state index in [9.17, 15) is 0 Å². The SMILES string of the molecule is CC1(C)c2ccccc2-c2ccc(-c3cccc(N(c4ccccc4)c4ccc(-c5cccc(-n6c7ccccc7c7ccccc76)c5)c5oc6ccccc6c45)c3)cc21. The van der Waals surface area contributed by atoms with Crippen molar-refractivity contribution in [3.63, 3.8) is 0 Å². The Bertz CT molecular complexity index is 3420. The molecule has 2 aromatic heterocycles. The summed E-state index contributed by atoms with van der Waals surface area (Å²) in [5.41, 5.74) is 18.3. The minimum absolute atomic E-state index is 0.0751. The monoisotopic (exact) mass is 768 g/mol. The molecule has 1 aliphatic carbocycles. The van der Waals surface area contributed by atoms with E-state index in [2.05, 4.69) is 230 Å². The lowest BCUT2D eigenvalue weighted by Gasteiger charge is -2.27. The van der Waals surface area contributed by atoms with Gasteiger partial charge in [0.25, 0.3) is 0 Å². The smallest absolute Gasteiger partial charge is 0.145 e. The summed E-state index contributed by atoms with van der Waals surface area (Å²) in [5.74, 6) is 0. The van der Waals surface area contributed by atoms with Crippen LogP contribution in [0.5, 0.6) is 0 Å². The quantitative estimate of drug-likeness (QED) is 0.168. The molecule has 0 unspecified atom stereocenters. The van der Waals surface area contributed by atoms with Crippen molar-refractivity contribution in [3.05, 3.63) is 217 Å². The molecule has 0 atom stereocenters. The molecule has 11 aromatic rings. The normalized spacial score (nSPS) is 13.0. The highest BCUT2D eigenvalue weighted by molar-refractivity contribution is 6.17. The Morgan fingerprint density at radius 2 is 1.05 bits per heavy atom. The van der Waals surface area contributed by atoms with Crippen molar-refractivity contribution in [1.82, 2.24) is 4.57 Å². The minimum atomic E-state index is -0.0751. The zero-order valence-corrected chi connectivity index (χ0v) is 33.4. The van der Waals surface area contributed by atoms with E-state index in [1.54, 1.807) is 0 Å². The van der Waals surface area contributed by atoms with Crippen molar-refractivity contribution >= 4 is 60.8 Å². The van der Waals surface area contributed by atoms with Crippen molar-refractivity contribution in [2.75, 3.05) is 4.90 Å². The van der Waals surface area contributed by atoms with Crippen LogP contribution < -0.4 is 4.90 Å². The zero-order chi connectivity index (χ0) is 40.0. The lowest BCUT2D eigenvalue weighted by atomic mass is 9.81. The molecule has 0 fully saturated rings. The maximum absolute atomic E-state index is 6.92. The van der Waals surface area contributed by atoms with Crippen molar-refractivity contribution in [2.45, 2.75) is 19.3 Å². The van der Waals surface area contributed by atoms with Crippen LogP contribution >= 0.6 is 0 Å². The first-order chi connectivity index (χ1) is 29.5. The lowest BCUT2D eigenvalue weighted by Crippen LogP contribution is -2.14. The molecule has 0 aliphatic heterocycles. The van der Waals surface area contributed by atoms with Gasteiger partial charge >= 0.3 is 0 Å². The fraction of sp³-hybridized carbons (Fsp3) is 0.0526. The maximum atomic E-state index is 6.92. The average molecular weight is 769 g/mol. The van der Waals surface area contributed by atoms with Crippen LogP contribution in [0.4, 0.5) is 17.1 Å². The van der Waals surface area contributed by atoms with Crippen LogP contribution in [0.1, 0.15) is 25.0 Å². The predicted octanol–water partition coefficient (Wildman–Crippen LogP) is 15.8. The van der Waals surface area contributed by atoms with E-state index in [1.165, 1.54) is 55.2 Å². The molecule has 1 aliphatic rings. The molecule has 0 radical (unpaired) electrons. The van der Waals surface area contributed by atoms with Crippen molar-refractivity contribution in [2.24, 2.45) is 0 Å². The van der Waals surface area contributed by atoms with E-state index in [4.69, 9.17) is 4.42 Å². The second kappa shape index (κ2) is 13.2. The maximum Gasteiger partial charge on any atom is 0.145 e. The van der Waals surface area contributed by atoms with E-state index in [1.807, 2.05) is 0 Å². The average Bonchev–Trinajstić information content (AvgIpc) is 3.93. The Balaban J connectivity index is 1.03. The van der Waals surface area contributed by atoms with Crippen molar-refractivity contribution in [1.29, 1.82) is 0 Å². The molecule has 0 amide bonds. The Kier molecular flexibility index (Phi) is 7.58. The van der Waals surface area contributed by atoms with Gasteiger partial charge in [-0.25, -0.2) is 0 Å². The molecule has 0 bridgehead atoms. The molecule has 12 rings (SSSR count). The number of fused-ring (bicyclic) bond motifs is 9. The van der Waals surface area contributed by atoms with Crippen LogP contribution in [-0.2, 0) is 5.41 Å². The summed E-state index contributed by atoms with van der Waals surface area (Å²) in [6, 6.07) is 74.7. The molecule has 2 heterocycles. The third-order valence-corrected chi connectivity index (χ3v) is 12.8. The summed E-state index contributed by atoms with van der Waals surface area (Å²) >= 11 is 0. The molecule has 3 nitrogen and oxygen atoms in total. The highest BCUT2D eigenvalue weighted by Gasteiger charge is 2.35. The topological polar surface area (TPSA) is 21.3 Å². The fourth-order valence-corrected chi connectivity index (χ4v) is 9.95. The number of rotatable bonds is 6. The molecule has 0 N–H and O–H groups in total. The Morgan fingerprint density at radius 3 is 1.87 bits per heavy atom. The highest BCUT2D eigenvalue weighted by atomic mass is 16.3. The summed E-state index contributed by atoms with van der Waals surface area (Å²) in [6.45, 7) is 4.69. The first kappa shape index (κ1) is 34.4. The molecular formula is C57H40N2O. The van der Waals surface area contributed by atoms with E-state index >= 15 is 0 Å². The first-order valence-corrected chi connectivity index (χ1v) is 20.8. The fourth-order valence-electron chi connectivity index (χ4n) is 9.95. The number of nitrogens with zero attached hydrogens (tertiary/aromatic N) is 2. The number of anilines is 3. The molecule has 9 aromatic carbocycles. The Morgan fingerprint density at radius 1 is 0.433 bits per heavy atom. The molecular weight excluding hydrogens is 729 g/mol. The van der Waals surface area contributed by atoms with E-state index in [-0.39, 0.29) is 5.41 Å². The van der Waals surface area contributed by atoms with Crippen molar-refractivity contribution < 1.29 is 4.42 Å². The number of aromatic nitrogens is 1. The standard InChI is InChI=1S/C57H40N2O/c1-57(2)49-26-10-6-22-44(49)45-31-30-38(36-50(45)57)37-16-14-20-41(34-37)58(40-18-4-3-5-19-40)53-33-32-43(56-55(53)48-25-9-13-29-54(48)60-56)39-17-15-21-42(35-39)59-51-27-11-7-23-46(51)47-24-8-12-28-52(47)59/h3-36H,1-2H3. The first-order valence-electron chi connectivity index (χ1n) is 20.8. The van der Waals surface area contributed by atoms with Gasteiger partial charge in [-0.2, -0.15) is 0 Å². The molecule has 3 heteroatoms. The van der Waals surface area contributed by atoms with Gasteiger partial charge in [0.15, 0.2) is 0 Å². The van der Waals surface area contributed by atoms with Crippen LogP contribution in [0.3, 0.4) is 0 Å². The summed E-state index contributed by atoms with van der Waals surface area (Å²) in [4.78, 5) is 2.39. The van der Waals surface area contributed by atoms with Crippen LogP contribution in [0, 0.1) is 0 Å². The van der Waals surface area contributed by atoms with Gasteiger partial charge in [-0.3, -0.25) is 0 Å². The summed E-state index contributed by atoms with van der Waals surface area (Å²) < 4.78 is 9.30. The van der Waals surface area contributed by atoms with Gasteiger partial charge < -0.3 is 13.9 Å². The number of furan rings is 1. The molecule has 0 saturated heterocycles. The Hall–Kier alpha value is -7.62. The summed E-state index contributed by atoms with van der Waals surface area (Å²) in [5, 5.41) is 4.66. The third kappa shape index (κ3) is 5.15. The number of hydrogen-bond acceptors (Lipinski definition) is 2. The van der Waals surface area contributed by atoms with Gasteiger partial charge in [-0.15, -0.1) is 0 Å². The third-order valence-electron chi connectivity index (χ3n) is 12.8. The van der Waals surface area contributed by atoms with E-state index in [0.29, 0.717) is 0 Å². The minimum Gasteiger partial charge on any atom is -0.455 e. The van der Waals surface area contributed by atoms with E-state index < -0.39 is 0 Å². The van der Waals surface area contributed by atoms with Crippen LogP contribution in [0.2, 0.25) is 0 Å². The van der Waals surface area contributed by atoms with E-state index in [0.717, 1.165) is 55.8 Å².